The predicted molar refractivity (Wildman–Crippen MR) is 124 cm³/mol. The van der Waals surface area contributed by atoms with Crippen LogP contribution in [-0.2, 0) is 4.79 Å². The van der Waals surface area contributed by atoms with E-state index in [1.807, 2.05) is 61.5 Å². The van der Waals surface area contributed by atoms with Gasteiger partial charge in [0.2, 0.25) is 0 Å². The molecule has 4 aromatic rings. The third-order valence-corrected chi connectivity index (χ3v) is 5.10. The van der Waals surface area contributed by atoms with E-state index in [1.54, 1.807) is 6.07 Å². The van der Waals surface area contributed by atoms with Gasteiger partial charge in [-0.15, -0.1) is 0 Å². The SMILES string of the molecule is CCOc1ccccc1-c1ccc(-c2cc(NCCC(=O)O)c3cc(F)ccc3n2)cc1. The van der Waals surface area contributed by atoms with Gasteiger partial charge in [-0.2, -0.15) is 0 Å². The van der Waals surface area contributed by atoms with Crippen molar-refractivity contribution >= 4 is 22.6 Å². The van der Waals surface area contributed by atoms with Crippen molar-refractivity contribution in [3.05, 3.63) is 78.6 Å². The number of para-hydroxylation sites is 1. The summed E-state index contributed by atoms with van der Waals surface area (Å²) in [5.41, 5.74) is 4.94. The first kappa shape index (κ1) is 21.3. The van der Waals surface area contributed by atoms with E-state index in [-0.39, 0.29) is 18.8 Å². The standard InChI is InChI=1S/C26H23FN2O3/c1-2-32-25-6-4-3-5-20(25)17-7-9-18(10-8-17)23-16-24(28-14-13-26(30)31)21-15-19(27)11-12-22(21)29-23/h3-12,15-16H,2,13-14H2,1H3,(H,28,29)(H,30,31). The van der Waals surface area contributed by atoms with E-state index in [0.29, 0.717) is 28.9 Å². The monoisotopic (exact) mass is 430 g/mol. The van der Waals surface area contributed by atoms with Crippen LogP contribution in [0.3, 0.4) is 0 Å². The maximum atomic E-state index is 13.8. The highest BCUT2D eigenvalue weighted by Crippen LogP contribution is 2.33. The van der Waals surface area contributed by atoms with Crippen LogP contribution in [-0.4, -0.2) is 29.2 Å². The van der Waals surface area contributed by atoms with E-state index < -0.39 is 5.97 Å². The molecule has 162 valence electrons. The van der Waals surface area contributed by atoms with Crippen LogP contribution in [0.15, 0.2) is 72.8 Å². The largest absolute Gasteiger partial charge is 0.493 e. The number of pyridine rings is 1. The number of nitrogens with one attached hydrogen (secondary N) is 1. The van der Waals surface area contributed by atoms with Gasteiger partial charge < -0.3 is 15.2 Å². The lowest BCUT2D eigenvalue weighted by molar-refractivity contribution is -0.136. The molecule has 1 aromatic heterocycles. The minimum atomic E-state index is -0.898. The van der Waals surface area contributed by atoms with Crippen LogP contribution in [0.1, 0.15) is 13.3 Å². The third kappa shape index (κ3) is 4.70. The van der Waals surface area contributed by atoms with E-state index in [9.17, 15) is 9.18 Å². The summed E-state index contributed by atoms with van der Waals surface area (Å²) in [6, 6.07) is 22.1. The van der Waals surface area contributed by atoms with Gasteiger partial charge in [0.15, 0.2) is 0 Å². The van der Waals surface area contributed by atoms with Crippen molar-refractivity contribution < 1.29 is 19.0 Å². The molecular weight excluding hydrogens is 407 g/mol. The lowest BCUT2D eigenvalue weighted by Gasteiger charge is -2.13. The summed E-state index contributed by atoms with van der Waals surface area (Å²) in [6.07, 6.45) is -0.0393. The van der Waals surface area contributed by atoms with Crippen molar-refractivity contribution in [2.24, 2.45) is 0 Å². The zero-order chi connectivity index (χ0) is 22.5. The highest BCUT2D eigenvalue weighted by molar-refractivity contribution is 5.94. The molecule has 0 radical (unpaired) electrons. The molecule has 4 rings (SSSR count). The maximum Gasteiger partial charge on any atom is 0.305 e. The molecule has 32 heavy (non-hydrogen) atoms. The van der Waals surface area contributed by atoms with Crippen molar-refractivity contribution in [1.82, 2.24) is 4.98 Å². The zero-order valence-electron chi connectivity index (χ0n) is 17.6. The molecule has 0 unspecified atom stereocenters. The fourth-order valence-electron chi connectivity index (χ4n) is 3.60. The molecule has 1 heterocycles. The molecule has 0 bridgehead atoms. The van der Waals surface area contributed by atoms with Crippen LogP contribution >= 0.6 is 0 Å². The first-order valence-electron chi connectivity index (χ1n) is 10.4. The minimum absolute atomic E-state index is 0.0393. The number of aliphatic carboxylic acids is 1. The summed E-state index contributed by atoms with van der Waals surface area (Å²) in [6.45, 7) is 2.78. The molecule has 3 aromatic carbocycles. The van der Waals surface area contributed by atoms with Gasteiger partial charge in [-0.25, -0.2) is 9.37 Å². The van der Waals surface area contributed by atoms with Gasteiger partial charge in [0.1, 0.15) is 11.6 Å². The Morgan fingerprint density at radius 2 is 1.78 bits per heavy atom. The topological polar surface area (TPSA) is 71.5 Å². The number of carboxylic acid groups (broad SMARTS) is 1. The molecular formula is C26H23FN2O3. The number of hydrogen-bond donors (Lipinski definition) is 2. The van der Waals surface area contributed by atoms with Crippen molar-refractivity contribution in [2.45, 2.75) is 13.3 Å². The Labute approximate surface area is 185 Å². The number of nitrogens with zero attached hydrogens (tertiary/aromatic N) is 1. The zero-order valence-corrected chi connectivity index (χ0v) is 17.6. The summed E-state index contributed by atoms with van der Waals surface area (Å²) in [7, 11) is 0. The van der Waals surface area contributed by atoms with Crippen molar-refractivity contribution in [1.29, 1.82) is 0 Å². The summed E-state index contributed by atoms with van der Waals surface area (Å²) in [4.78, 5) is 15.6. The lowest BCUT2D eigenvalue weighted by atomic mass is 10.0. The first-order valence-corrected chi connectivity index (χ1v) is 10.4. The molecule has 0 saturated heterocycles. The average Bonchev–Trinajstić information content (AvgIpc) is 2.80. The number of carboxylic acids is 1. The van der Waals surface area contributed by atoms with Crippen molar-refractivity contribution in [2.75, 3.05) is 18.5 Å². The van der Waals surface area contributed by atoms with E-state index in [0.717, 1.165) is 22.4 Å². The molecule has 0 saturated carbocycles. The van der Waals surface area contributed by atoms with Crippen LogP contribution in [0.2, 0.25) is 0 Å². The highest BCUT2D eigenvalue weighted by Gasteiger charge is 2.11. The summed E-state index contributed by atoms with van der Waals surface area (Å²) >= 11 is 0. The molecule has 0 aliphatic heterocycles. The summed E-state index contributed by atoms with van der Waals surface area (Å²) in [5, 5.41) is 12.7. The maximum absolute atomic E-state index is 13.8. The number of ether oxygens (including phenoxy) is 1. The number of carbonyl (C=O) groups is 1. The normalized spacial score (nSPS) is 10.8. The van der Waals surface area contributed by atoms with E-state index in [1.165, 1.54) is 12.1 Å². The number of halogens is 1. The van der Waals surface area contributed by atoms with Crippen molar-refractivity contribution in [3.63, 3.8) is 0 Å². The molecule has 5 nitrogen and oxygen atoms in total. The van der Waals surface area contributed by atoms with Crippen LogP contribution in [0, 0.1) is 5.82 Å². The Morgan fingerprint density at radius 3 is 2.53 bits per heavy atom. The fraction of sp³-hybridized carbons (Fsp3) is 0.154. The average molecular weight is 430 g/mol. The number of rotatable bonds is 8. The van der Waals surface area contributed by atoms with Crippen LogP contribution in [0.25, 0.3) is 33.3 Å². The second-order valence-electron chi connectivity index (χ2n) is 7.29. The van der Waals surface area contributed by atoms with Gasteiger partial charge in [-0.3, -0.25) is 4.79 Å². The molecule has 0 aliphatic carbocycles. The second kappa shape index (κ2) is 9.47. The Kier molecular flexibility index (Phi) is 6.31. The van der Waals surface area contributed by atoms with Gasteiger partial charge in [0, 0.05) is 28.7 Å². The first-order chi connectivity index (χ1) is 15.5. The molecule has 2 N–H and O–H groups in total. The number of benzene rings is 3. The van der Waals surface area contributed by atoms with Gasteiger partial charge >= 0.3 is 5.97 Å². The van der Waals surface area contributed by atoms with Gasteiger partial charge in [-0.05, 0) is 42.8 Å². The number of aromatic nitrogens is 1. The predicted octanol–water partition coefficient (Wildman–Crippen LogP) is 5.99. The van der Waals surface area contributed by atoms with Crippen LogP contribution < -0.4 is 10.1 Å². The Morgan fingerprint density at radius 1 is 1.03 bits per heavy atom. The second-order valence-corrected chi connectivity index (χ2v) is 7.29. The number of anilines is 1. The smallest absolute Gasteiger partial charge is 0.305 e. The third-order valence-electron chi connectivity index (χ3n) is 5.10. The molecule has 0 atom stereocenters. The van der Waals surface area contributed by atoms with Crippen LogP contribution in [0.4, 0.5) is 10.1 Å². The molecule has 0 spiro atoms. The van der Waals surface area contributed by atoms with E-state index >= 15 is 0 Å². The Bertz CT molecular complexity index is 1260. The molecule has 0 aliphatic rings. The van der Waals surface area contributed by atoms with Crippen molar-refractivity contribution in [3.8, 4) is 28.1 Å². The van der Waals surface area contributed by atoms with E-state index in [4.69, 9.17) is 14.8 Å². The van der Waals surface area contributed by atoms with E-state index in [2.05, 4.69) is 5.32 Å². The highest BCUT2D eigenvalue weighted by atomic mass is 19.1. The molecule has 0 fully saturated rings. The molecule has 6 heteroatoms. The quantitative estimate of drug-likeness (QED) is 0.359. The van der Waals surface area contributed by atoms with Gasteiger partial charge in [-0.1, -0.05) is 42.5 Å². The number of fused-ring (bicyclic) bond motifs is 1. The van der Waals surface area contributed by atoms with Gasteiger partial charge in [0.05, 0.1) is 24.2 Å². The fourth-order valence-corrected chi connectivity index (χ4v) is 3.60. The number of hydrogen-bond acceptors (Lipinski definition) is 4. The van der Waals surface area contributed by atoms with Crippen LogP contribution in [0.5, 0.6) is 5.75 Å². The lowest BCUT2D eigenvalue weighted by Crippen LogP contribution is -2.08. The summed E-state index contributed by atoms with van der Waals surface area (Å²) < 4.78 is 19.6. The molecule has 0 amide bonds. The minimum Gasteiger partial charge on any atom is -0.493 e. The van der Waals surface area contributed by atoms with Gasteiger partial charge in [0.25, 0.3) is 0 Å². The summed E-state index contributed by atoms with van der Waals surface area (Å²) in [5.74, 6) is -0.436. The Hall–Kier alpha value is -3.93. The Balaban J connectivity index is 1.70.